The third-order valence-corrected chi connectivity index (χ3v) is 6.99. The van der Waals surface area contributed by atoms with Crippen LogP contribution in [0.15, 0.2) is 47.5 Å². The van der Waals surface area contributed by atoms with E-state index in [9.17, 15) is 14.0 Å². The molecule has 0 atom stereocenters. The van der Waals surface area contributed by atoms with Gasteiger partial charge >= 0.3 is 0 Å². The first kappa shape index (κ1) is 25.2. The van der Waals surface area contributed by atoms with Crippen molar-refractivity contribution in [1.82, 2.24) is 9.78 Å². The van der Waals surface area contributed by atoms with Crippen LogP contribution in [0, 0.1) is 25.1 Å². The number of benzene rings is 2. The molecule has 2 amide bonds. The zero-order chi connectivity index (χ0) is 26.1. The Morgan fingerprint density at radius 2 is 1.97 bits per heavy atom. The van der Waals surface area contributed by atoms with E-state index in [0.717, 1.165) is 15.8 Å². The summed E-state index contributed by atoms with van der Waals surface area (Å²) in [5.74, 6) is -1.62. The fourth-order valence-electron chi connectivity index (χ4n) is 3.63. The summed E-state index contributed by atoms with van der Waals surface area (Å²) in [5, 5.41) is 16.8. The lowest BCUT2D eigenvalue weighted by atomic mass is 9.98. The van der Waals surface area contributed by atoms with Crippen molar-refractivity contribution in [3.05, 3.63) is 75.0 Å². The van der Waals surface area contributed by atoms with Gasteiger partial charge in [0.25, 0.3) is 11.8 Å². The number of nitrogens with one attached hydrogen (secondary N) is 2. The highest BCUT2D eigenvalue weighted by molar-refractivity contribution is 7.21. The number of amides is 2. The first-order valence-electron chi connectivity index (χ1n) is 10.8. The number of primary amides is 1. The van der Waals surface area contributed by atoms with E-state index in [2.05, 4.69) is 15.4 Å². The molecule has 0 bridgehead atoms. The van der Waals surface area contributed by atoms with Gasteiger partial charge < -0.3 is 16.5 Å². The molecule has 4 rings (SSSR count). The summed E-state index contributed by atoms with van der Waals surface area (Å²) in [7, 11) is 1.74. The average molecular weight is 525 g/mol. The summed E-state index contributed by atoms with van der Waals surface area (Å²) >= 11 is 7.27. The second-order valence-corrected chi connectivity index (χ2v) is 9.71. The molecule has 11 heteroatoms. The predicted octanol–water partition coefficient (Wildman–Crippen LogP) is 5.31. The molecule has 0 unspecified atom stereocenters. The second-order valence-electron chi connectivity index (χ2n) is 8.19. The lowest BCUT2D eigenvalue weighted by Gasteiger charge is -2.14. The molecular formula is C25H22ClFN6O2S. The predicted molar refractivity (Wildman–Crippen MR) is 142 cm³/mol. The summed E-state index contributed by atoms with van der Waals surface area (Å²) in [6.07, 6.45) is -0.193. The number of thiophene rings is 1. The topological polar surface area (TPSA) is 126 Å². The molecule has 4 aromatic rings. The van der Waals surface area contributed by atoms with E-state index >= 15 is 0 Å². The highest BCUT2D eigenvalue weighted by atomic mass is 35.5. The van der Waals surface area contributed by atoms with Crippen LogP contribution >= 0.6 is 22.9 Å². The summed E-state index contributed by atoms with van der Waals surface area (Å²) in [6.45, 7) is 3.43. The molecule has 184 valence electrons. The monoisotopic (exact) mass is 524 g/mol. The number of hydrogen-bond acceptors (Lipinski definition) is 6. The Labute approximate surface area is 215 Å². The number of hydrogen-bond donors (Lipinski definition) is 3. The smallest absolute Gasteiger partial charge is 0.265 e. The molecule has 4 N–H and O–H groups in total. The SMILES string of the molecule is Cc1c(C(=N)CC(=Nc2cc(C)n(C)n2)C(N)=O)ccc(F)c1NC(=O)c1cc2ccc(Cl)cc2s1. The fraction of sp³-hybridized carbons (Fsp3) is 0.160. The van der Waals surface area contributed by atoms with Crippen molar-refractivity contribution >= 4 is 67.8 Å². The van der Waals surface area contributed by atoms with Crippen LogP contribution in [0.5, 0.6) is 0 Å². The number of nitrogens with zero attached hydrogens (tertiary/aromatic N) is 3. The van der Waals surface area contributed by atoms with Crippen LogP contribution in [-0.4, -0.2) is 33.0 Å². The number of aromatic nitrogens is 2. The lowest BCUT2D eigenvalue weighted by molar-refractivity contribution is -0.112. The van der Waals surface area contributed by atoms with Gasteiger partial charge in [0, 0.05) is 46.2 Å². The zero-order valence-corrected chi connectivity index (χ0v) is 21.2. The molecule has 0 aliphatic rings. The van der Waals surface area contributed by atoms with Gasteiger partial charge in [-0.15, -0.1) is 11.3 Å². The molecule has 0 fully saturated rings. The Hall–Kier alpha value is -3.89. The van der Waals surface area contributed by atoms with E-state index in [4.69, 9.17) is 22.7 Å². The van der Waals surface area contributed by atoms with E-state index in [-0.39, 0.29) is 23.5 Å². The van der Waals surface area contributed by atoms with Gasteiger partial charge in [0.15, 0.2) is 5.82 Å². The fourth-order valence-corrected chi connectivity index (χ4v) is 4.86. The minimum Gasteiger partial charge on any atom is -0.365 e. The van der Waals surface area contributed by atoms with Crippen molar-refractivity contribution in [2.75, 3.05) is 5.32 Å². The summed E-state index contributed by atoms with van der Waals surface area (Å²) in [5.41, 5.74) is 6.91. The summed E-state index contributed by atoms with van der Waals surface area (Å²) in [4.78, 5) is 29.5. The number of anilines is 1. The number of rotatable bonds is 7. The molecule has 8 nitrogen and oxygen atoms in total. The molecule has 2 aromatic carbocycles. The molecular weight excluding hydrogens is 503 g/mol. The number of aryl methyl sites for hydroxylation is 2. The maximum Gasteiger partial charge on any atom is 0.265 e. The van der Waals surface area contributed by atoms with Crippen molar-refractivity contribution in [2.45, 2.75) is 20.3 Å². The van der Waals surface area contributed by atoms with Gasteiger partial charge in [0.05, 0.1) is 10.6 Å². The van der Waals surface area contributed by atoms with Crippen molar-refractivity contribution < 1.29 is 14.0 Å². The molecule has 0 aliphatic carbocycles. The van der Waals surface area contributed by atoms with Gasteiger partial charge in [-0.05, 0) is 55.1 Å². The molecule has 2 heterocycles. The van der Waals surface area contributed by atoms with Crippen LogP contribution in [-0.2, 0) is 11.8 Å². The van der Waals surface area contributed by atoms with Crippen LogP contribution in [0.2, 0.25) is 5.02 Å². The van der Waals surface area contributed by atoms with E-state index in [1.165, 1.54) is 23.5 Å². The molecule has 2 aromatic heterocycles. The first-order chi connectivity index (χ1) is 17.0. The number of carbonyl (C=O) groups is 2. The van der Waals surface area contributed by atoms with Crippen LogP contribution in [0.1, 0.15) is 32.9 Å². The van der Waals surface area contributed by atoms with Gasteiger partial charge in [0.1, 0.15) is 11.5 Å². The standard InChI is InChI=1S/C25H22ClFN6O2S/c1-12-8-22(32-33(12)3)30-19(24(29)34)11-18(28)16-6-7-17(27)23(13(16)2)31-25(35)21-9-14-4-5-15(26)10-20(14)36-21/h4-10,28H,11H2,1-3H3,(H2,29,34)(H,31,35). The second kappa shape index (κ2) is 10.00. The molecule has 36 heavy (non-hydrogen) atoms. The van der Waals surface area contributed by atoms with E-state index in [1.54, 1.807) is 42.9 Å². The maximum atomic E-state index is 14.7. The number of aliphatic imine (C=N–C) groups is 1. The highest BCUT2D eigenvalue weighted by Crippen LogP contribution is 2.30. The molecule has 0 saturated carbocycles. The number of carbonyl (C=O) groups excluding carboxylic acids is 2. The van der Waals surface area contributed by atoms with Crippen LogP contribution in [0.4, 0.5) is 15.9 Å². The van der Waals surface area contributed by atoms with Crippen molar-refractivity contribution in [3.63, 3.8) is 0 Å². The zero-order valence-electron chi connectivity index (χ0n) is 19.6. The quantitative estimate of drug-likeness (QED) is 0.283. The Morgan fingerprint density at radius 3 is 2.64 bits per heavy atom. The molecule has 0 radical (unpaired) electrons. The summed E-state index contributed by atoms with van der Waals surface area (Å²) in [6, 6.07) is 11.3. The van der Waals surface area contributed by atoms with E-state index < -0.39 is 17.6 Å². The minimum absolute atomic E-state index is 0.00953. The van der Waals surface area contributed by atoms with Gasteiger partial charge in [-0.3, -0.25) is 14.3 Å². The first-order valence-corrected chi connectivity index (χ1v) is 12.0. The van der Waals surface area contributed by atoms with Gasteiger partial charge in [0.2, 0.25) is 0 Å². The number of fused-ring (bicyclic) bond motifs is 1. The third-order valence-electron chi connectivity index (χ3n) is 5.66. The molecule has 0 saturated heterocycles. The largest absolute Gasteiger partial charge is 0.365 e. The Balaban J connectivity index is 1.60. The van der Waals surface area contributed by atoms with Crippen LogP contribution in [0.25, 0.3) is 10.1 Å². The molecule has 0 spiro atoms. The van der Waals surface area contributed by atoms with Crippen molar-refractivity contribution in [3.8, 4) is 0 Å². The Kier molecular flexibility index (Phi) is 7.00. The van der Waals surface area contributed by atoms with Gasteiger partial charge in [-0.1, -0.05) is 17.7 Å². The Morgan fingerprint density at radius 1 is 1.22 bits per heavy atom. The lowest BCUT2D eigenvalue weighted by Crippen LogP contribution is -2.26. The third kappa shape index (κ3) is 5.19. The number of nitrogens with two attached hydrogens (primary N) is 1. The summed E-state index contributed by atoms with van der Waals surface area (Å²) < 4.78 is 17.2. The molecule has 0 aliphatic heterocycles. The van der Waals surface area contributed by atoms with Gasteiger partial charge in [-0.25, -0.2) is 9.38 Å². The normalized spacial score (nSPS) is 11.6. The minimum atomic E-state index is -0.791. The van der Waals surface area contributed by atoms with E-state index in [0.29, 0.717) is 26.8 Å². The maximum absolute atomic E-state index is 14.7. The van der Waals surface area contributed by atoms with Gasteiger partial charge in [-0.2, -0.15) is 5.10 Å². The van der Waals surface area contributed by atoms with Crippen LogP contribution in [0.3, 0.4) is 0 Å². The number of halogens is 2. The van der Waals surface area contributed by atoms with Crippen molar-refractivity contribution in [2.24, 2.45) is 17.8 Å². The van der Waals surface area contributed by atoms with Crippen LogP contribution < -0.4 is 11.1 Å². The van der Waals surface area contributed by atoms with E-state index in [1.807, 2.05) is 13.0 Å². The Bertz CT molecular complexity index is 1550. The average Bonchev–Trinajstić information content (AvgIpc) is 3.37. The van der Waals surface area contributed by atoms with Crippen molar-refractivity contribution in [1.29, 1.82) is 5.41 Å². The highest BCUT2D eigenvalue weighted by Gasteiger charge is 2.20.